The predicted octanol–water partition coefficient (Wildman–Crippen LogP) is 4.12. The van der Waals surface area contributed by atoms with E-state index in [1.807, 2.05) is 48.7 Å². The quantitative estimate of drug-likeness (QED) is 0.600. The topological polar surface area (TPSA) is 68.5 Å². The summed E-state index contributed by atoms with van der Waals surface area (Å²) in [6, 6.07) is 13.2. The van der Waals surface area contributed by atoms with E-state index in [0.717, 1.165) is 22.6 Å². The second-order valence-corrected chi connectivity index (χ2v) is 5.74. The number of pyridine rings is 1. The van der Waals surface area contributed by atoms with Crippen LogP contribution in [0.3, 0.4) is 0 Å². The number of hydrogen-bond donors (Lipinski definition) is 1. The zero-order valence-corrected chi connectivity index (χ0v) is 13.8. The fourth-order valence-electron chi connectivity index (χ4n) is 2.40. The molecule has 1 N–H and O–H groups in total. The second kappa shape index (κ2) is 6.70. The third-order valence-electron chi connectivity index (χ3n) is 3.57. The van der Waals surface area contributed by atoms with Gasteiger partial charge in [-0.3, -0.25) is 4.98 Å². The Morgan fingerprint density at radius 2 is 1.88 bits per heavy atom. The first kappa shape index (κ1) is 15.3. The molecule has 0 spiro atoms. The van der Waals surface area contributed by atoms with Crippen molar-refractivity contribution < 1.29 is 0 Å². The lowest BCUT2D eigenvalue weighted by Gasteiger charge is -2.05. The minimum absolute atomic E-state index is 0.671. The van der Waals surface area contributed by atoms with Crippen LogP contribution < -0.4 is 5.32 Å². The number of hydrogen-bond acceptors (Lipinski definition) is 5. The minimum Gasteiger partial charge on any atom is -0.338 e. The van der Waals surface area contributed by atoms with Gasteiger partial charge in [-0.1, -0.05) is 23.7 Å². The maximum absolute atomic E-state index is 6.05. The van der Waals surface area contributed by atoms with E-state index in [-0.39, 0.29) is 0 Å². The molecule has 4 rings (SSSR count). The van der Waals surface area contributed by atoms with Crippen LogP contribution in [-0.4, -0.2) is 24.7 Å². The van der Waals surface area contributed by atoms with Gasteiger partial charge in [0, 0.05) is 29.0 Å². The Bertz CT molecular complexity index is 999. The van der Waals surface area contributed by atoms with Crippen LogP contribution in [0, 0.1) is 0 Å². The smallest absolute Gasteiger partial charge is 0.134 e. The summed E-state index contributed by atoms with van der Waals surface area (Å²) in [5, 5.41) is 8.25. The van der Waals surface area contributed by atoms with Gasteiger partial charge in [0.05, 0.1) is 29.5 Å². The van der Waals surface area contributed by atoms with Crippen molar-refractivity contribution in [1.29, 1.82) is 0 Å². The van der Waals surface area contributed by atoms with E-state index < -0.39 is 0 Å². The molecule has 0 aliphatic carbocycles. The molecule has 3 heterocycles. The molecule has 0 unspecified atom stereocenters. The number of rotatable bonds is 4. The maximum atomic E-state index is 6.05. The van der Waals surface area contributed by atoms with Crippen LogP contribution in [0.4, 0.5) is 11.5 Å². The molecule has 0 aliphatic rings. The number of aromatic nitrogens is 5. The Kier molecular flexibility index (Phi) is 4.10. The number of nitrogens with zero attached hydrogens (tertiary/aromatic N) is 5. The van der Waals surface area contributed by atoms with Crippen LogP contribution in [0.25, 0.3) is 16.9 Å². The Hall–Kier alpha value is -3.25. The summed E-state index contributed by atoms with van der Waals surface area (Å²) in [5.74, 6) is 0.680. The monoisotopic (exact) mass is 348 g/mol. The van der Waals surface area contributed by atoms with Gasteiger partial charge in [0.1, 0.15) is 12.1 Å². The molecule has 0 fully saturated rings. The van der Waals surface area contributed by atoms with Gasteiger partial charge in [-0.2, -0.15) is 5.10 Å². The van der Waals surface area contributed by atoms with Gasteiger partial charge in [-0.15, -0.1) is 0 Å². The fraction of sp³-hybridized carbons (Fsp3) is 0. The highest BCUT2D eigenvalue weighted by atomic mass is 35.5. The van der Waals surface area contributed by atoms with E-state index in [9.17, 15) is 0 Å². The molecule has 0 atom stereocenters. The molecule has 0 radical (unpaired) electrons. The summed E-state index contributed by atoms with van der Waals surface area (Å²) in [4.78, 5) is 12.6. The summed E-state index contributed by atoms with van der Waals surface area (Å²) in [7, 11) is 0. The Morgan fingerprint density at radius 1 is 1.00 bits per heavy atom. The summed E-state index contributed by atoms with van der Waals surface area (Å²) < 4.78 is 1.77. The number of halogens is 1. The van der Waals surface area contributed by atoms with Crippen molar-refractivity contribution >= 4 is 23.1 Å². The van der Waals surface area contributed by atoms with Crippen molar-refractivity contribution in [3.05, 3.63) is 78.6 Å². The molecule has 0 aliphatic heterocycles. The molecule has 6 nitrogen and oxygen atoms in total. The maximum Gasteiger partial charge on any atom is 0.134 e. The SMILES string of the molecule is Clc1cccc(-c2cc(Nc3cnn(-c4ccncc4)c3)ncn2)c1. The van der Waals surface area contributed by atoms with Crippen molar-refractivity contribution in [1.82, 2.24) is 24.7 Å². The van der Waals surface area contributed by atoms with Crippen LogP contribution >= 0.6 is 11.6 Å². The number of benzene rings is 1. The number of anilines is 2. The van der Waals surface area contributed by atoms with E-state index in [1.54, 1.807) is 23.3 Å². The van der Waals surface area contributed by atoms with Gasteiger partial charge in [-0.25, -0.2) is 14.6 Å². The normalized spacial score (nSPS) is 10.6. The zero-order valence-electron chi connectivity index (χ0n) is 13.0. The Morgan fingerprint density at radius 3 is 2.72 bits per heavy atom. The third kappa shape index (κ3) is 3.49. The first-order valence-corrected chi connectivity index (χ1v) is 7.96. The first-order chi connectivity index (χ1) is 12.3. The highest BCUT2D eigenvalue weighted by molar-refractivity contribution is 6.30. The molecular weight excluding hydrogens is 336 g/mol. The molecule has 25 heavy (non-hydrogen) atoms. The lowest BCUT2D eigenvalue weighted by atomic mass is 10.1. The summed E-state index contributed by atoms with van der Waals surface area (Å²) >= 11 is 6.05. The van der Waals surface area contributed by atoms with Crippen LogP contribution in [0.2, 0.25) is 5.02 Å². The Balaban J connectivity index is 1.58. The molecule has 0 saturated carbocycles. The fourth-order valence-corrected chi connectivity index (χ4v) is 2.59. The first-order valence-electron chi connectivity index (χ1n) is 7.58. The van der Waals surface area contributed by atoms with Crippen molar-refractivity contribution in [3.8, 4) is 16.9 Å². The van der Waals surface area contributed by atoms with Gasteiger partial charge < -0.3 is 5.32 Å². The third-order valence-corrected chi connectivity index (χ3v) is 3.80. The highest BCUT2D eigenvalue weighted by Crippen LogP contribution is 2.23. The van der Waals surface area contributed by atoms with Crippen molar-refractivity contribution in [2.45, 2.75) is 0 Å². The van der Waals surface area contributed by atoms with E-state index in [1.165, 1.54) is 6.33 Å². The van der Waals surface area contributed by atoms with Crippen LogP contribution in [0.15, 0.2) is 73.6 Å². The average molecular weight is 349 g/mol. The molecular formula is C18H13ClN6. The lowest BCUT2D eigenvalue weighted by Crippen LogP contribution is -1.95. The molecule has 122 valence electrons. The molecule has 3 aromatic heterocycles. The van der Waals surface area contributed by atoms with Gasteiger partial charge in [0.15, 0.2) is 0 Å². The predicted molar refractivity (Wildman–Crippen MR) is 97.1 cm³/mol. The van der Waals surface area contributed by atoms with Gasteiger partial charge in [0.2, 0.25) is 0 Å². The summed E-state index contributed by atoms with van der Waals surface area (Å²) in [6.07, 6.45) is 8.60. The van der Waals surface area contributed by atoms with Gasteiger partial charge >= 0.3 is 0 Å². The lowest BCUT2D eigenvalue weighted by molar-refractivity contribution is 0.878. The second-order valence-electron chi connectivity index (χ2n) is 5.30. The van der Waals surface area contributed by atoms with Gasteiger partial charge in [-0.05, 0) is 24.3 Å². The Labute approximate surface area is 149 Å². The van der Waals surface area contributed by atoms with Crippen molar-refractivity contribution in [3.63, 3.8) is 0 Å². The molecule has 0 bridgehead atoms. The van der Waals surface area contributed by atoms with E-state index in [2.05, 4.69) is 25.4 Å². The van der Waals surface area contributed by atoms with Crippen molar-refractivity contribution in [2.24, 2.45) is 0 Å². The summed E-state index contributed by atoms with van der Waals surface area (Å²) in [6.45, 7) is 0. The molecule has 4 aromatic rings. The average Bonchev–Trinajstić information content (AvgIpc) is 3.11. The van der Waals surface area contributed by atoms with Crippen molar-refractivity contribution in [2.75, 3.05) is 5.32 Å². The van der Waals surface area contributed by atoms with Crippen LogP contribution in [0.1, 0.15) is 0 Å². The van der Waals surface area contributed by atoms with E-state index in [0.29, 0.717) is 10.8 Å². The number of nitrogens with one attached hydrogen (secondary N) is 1. The van der Waals surface area contributed by atoms with E-state index >= 15 is 0 Å². The van der Waals surface area contributed by atoms with Crippen LogP contribution in [-0.2, 0) is 0 Å². The molecule has 7 heteroatoms. The summed E-state index contributed by atoms with van der Waals surface area (Å²) in [5.41, 5.74) is 3.49. The molecule has 0 saturated heterocycles. The van der Waals surface area contributed by atoms with Crippen LogP contribution in [0.5, 0.6) is 0 Å². The highest BCUT2D eigenvalue weighted by Gasteiger charge is 2.05. The minimum atomic E-state index is 0.671. The largest absolute Gasteiger partial charge is 0.338 e. The molecule has 0 amide bonds. The zero-order chi connectivity index (χ0) is 17.1. The standard InChI is InChI=1S/C18H13ClN6/c19-14-3-1-2-13(8-14)17-9-18(22-12-21-17)24-15-10-23-25(11-15)16-4-6-20-7-5-16/h1-12H,(H,21,22,24). The van der Waals surface area contributed by atoms with E-state index in [4.69, 9.17) is 11.6 Å². The van der Waals surface area contributed by atoms with Gasteiger partial charge in [0.25, 0.3) is 0 Å². The molecule has 1 aromatic carbocycles.